The Labute approximate surface area is 677 Å². The van der Waals surface area contributed by atoms with Gasteiger partial charge in [-0.1, -0.05) is 267 Å². The first kappa shape index (κ1) is 67.4. The standard InChI is InChI=1S/C55H31N3O.C54H30N4O/c56-32-42-23-25-50-54-45(42)12-7-13-47(54)46-24-22-37(30-51(46)59-50)33-14-16-34(17-15-33)43-26-38-18-20-40-28-44(29-41-21-19-39(27-43)52(38)53(40)41)55-57-48(35-8-3-1-4-9-35)31-49(58-55)36-10-5-2-6-11-36;55-31-41-23-25-46-45-24-22-36(30-48(45)59-47-13-7-12-44(41)51(46)47)32-14-16-33(17-15-32)42-26-37-18-20-39-28-43(29-40-21-19-38(27-42)49(37)50(39)40)54-57-52(34-8-3-1-4-9-34)56-53(58-54)35-10-5-2-6-11-35/h1-31H;1-30H. The number of nitrogens with zero attached hydrogens (tertiary/aromatic N) is 7. The smallest absolute Gasteiger partial charge is 0.164 e. The predicted octanol–water partition coefficient (Wildman–Crippen LogP) is 28.4. The van der Waals surface area contributed by atoms with E-state index < -0.39 is 0 Å². The minimum Gasteiger partial charge on any atom is -0.456 e. The Bertz CT molecular complexity index is 7310. The van der Waals surface area contributed by atoms with Crippen LogP contribution in [0.15, 0.2) is 370 Å². The van der Waals surface area contributed by atoms with E-state index in [9.17, 15) is 10.5 Å². The highest BCUT2D eigenvalue weighted by atomic mass is 16.5. The number of fused-ring (bicyclic) bond motifs is 4. The van der Waals surface area contributed by atoms with Crippen molar-refractivity contribution in [1.29, 1.82) is 10.5 Å². The van der Waals surface area contributed by atoms with Crippen LogP contribution in [0.25, 0.3) is 221 Å². The van der Waals surface area contributed by atoms with Gasteiger partial charge in [-0.3, -0.25) is 0 Å². The zero-order chi connectivity index (χ0) is 78.1. The van der Waals surface area contributed by atoms with Crippen LogP contribution in [-0.4, -0.2) is 24.9 Å². The van der Waals surface area contributed by atoms with E-state index in [4.69, 9.17) is 34.4 Å². The van der Waals surface area contributed by atoms with Crippen molar-refractivity contribution in [1.82, 2.24) is 24.9 Å². The average molecular weight is 1500 g/mol. The third-order valence-electron chi connectivity index (χ3n) is 23.5. The summed E-state index contributed by atoms with van der Waals surface area (Å²) < 4.78 is 12.9. The summed E-state index contributed by atoms with van der Waals surface area (Å²) in [6, 6.07) is 134. The summed E-state index contributed by atoms with van der Waals surface area (Å²) in [5.74, 6) is 5.86. The first-order valence-electron chi connectivity index (χ1n) is 39.4. The van der Waals surface area contributed by atoms with Crippen LogP contribution in [0.4, 0.5) is 0 Å². The summed E-state index contributed by atoms with van der Waals surface area (Å²) in [5, 5.41) is 37.7. The van der Waals surface area contributed by atoms with Crippen LogP contribution in [0, 0.1) is 22.7 Å². The van der Waals surface area contributed by atoms with Crippen LogP contribution in [0.3, 0.4) is 0 Å². The predicted molar refractivity (Wildman–Crippen MR) is 479 cm³/mol. The monoisotopic (exact) mass is 1500 g/mol. The van der Waals surface area contributed by atoms with E-state index in [0.29, 0.717) is 34.4 Å². The number of aromatic nitrogens is 5. The fourth-order valence-corrected chi connectivity index (χ4v) is 17.8. The number of nitriles is 2. The van der Waals surface area contributed by atoms with E-state index in [2.05, 4.69) is 231 Å². The Morgan fingerprint density at radius 3 is 0.881 bits per heavy atom. The zero-order valence-corrected chi connectivity index (χ0v) is 63.2. The maximum absolute atomic E-state index is 9.68. The van der Waals surface area contributed by atoms with Gasteiger partial charge in [0.2, 0.25) is 0 Å². The molecule has 0 saturated heterocycles. The quantitative estimate of drug-likeness (QED) is 0.123. The Kier molecular flexibility index (Phi) is 15.5. The minimum atomic E-state index is 0.648. The maximum atomic E-state index is 9.68. The molecule has 2 aliphatic heterocycles. The summed E-state index contributed by atoms with van der Waals surface area (Å²) in [4.78, 5) is 25.1. The summed E-state index contributed by atoms with van der Waals surface area (Å²) in [6.07, 6.45) is 0. The van der Waals surface area contributed by atoms with E-state index in [0.717, 1.165) is 156 Å². The zero-order valence-electron chi connectivity index (χ0n) is 63.2. The molecule has 0 N–H and O–H groups in total. The topological polar surface area (TPSA) is 130 Å². The van der Waals surface area contributed by atoms with Gasteiger partial charge in [0.05, 0.1) is 34.7 Å². The SMILES string of the molecule is N#Cc1ccc2c3c(cccc13)-c1ccc(-c3ccc(-c4cc5ccc6cc(-c7nc(-c8ccccc8)cc(-c8ccccc8)n7)cc7ccc(c4)c5c67)cc3)cc1O2.N#Cc1ccc2c3c(cccc13)Oc1cc(-c3ccc(-c4cc5ccc6cc(-c7nc(-c8ccccc8)nc(-c8ccccc8)n7)cc7ccc(c4)c5c67)cc3)ccc1-2. The van der Waals surface area contributed by atoms with Crippen LogP contribution in [0.5, 0.6) is 23.0 Å². The third kappa shape index (κ3) is 11.4. The van der Waals surface area contributed by atoms with E-state index in [1.54, 1.807) is 0 Å². The van der Waals surface area contributed by atoms with Crippen molar-refractivity contribution < 1.29 is 9.47 Å². The Balaban J connectivity index is 0.000000138. The molecule has 24 rings (SSSR count). The number of hydrogen-bond donors (Lipinski definition) is 0. The van der Waals surface area contributed by atoms with Crippen LogP contribution >= 0.6 is 0 Å². The second-order valence-electron chi connectivity index (χ2n) is 30.4. The molecule has 0 aliphatic carbocycles. The van der Waals surface area contributed by atoms with Gasteiger partial charge >= 0.3 is 0 Å². The molecule has 544 valence electrons. The molecular formula is C109H61N7O2. The third-order valence-corrected chi connectivity index (χ3v) is 23.5. The average Bonchev–Trinajstić information content (AvgIpc) is 0.727. The van der Waals surface area contributed by atoms with Crippen LogP contribution in [0.2, 0.25) is 0 Å². The molecular weight excluding hydrogens is 1440 g/mol. The van der Waals surface area contributed by atoms with Crippen molar-refractivity contribution in [3.63, 3.8) is 0 Å². The second kappa shape index (κ2) is 27.2. The van der Waals surface area contributed by atoms with Crippen molar-refractivity contribution in [2.45, 2.75) is 0 Å². The summed E-state index contributed by atoms with van der Waals surface area (Å²) in [6.45, 7) is 0. The van der Waals surface area contributed by atoms with Crippen LogP contribution < -0.4 is 9.47 Å². The van der Waals surface area contributed by atoms with E-state index in [1.165, 1.54) is 65.0 Å². The number of rotatable bonds is 10. The van der Waals surface area contributed by atoms with Crippen LogP contribution in [-0.2, 0) is 0 Å². The Morgan fingerprint density at radius 1 is 0.186 bits per heavy atom. The molecule has 22 aromatic rings. The van der Waals surface area contributed by atoms with Gasteiger partial charge in [-0.25, -0.2) is 24.9 Å². The van der Waals surface area contributed by atoms with Gasteiger partial charge in [-0.2, -0.15) is 10.5 Å². The maximum Gasteiger partial charge on any atom is 0.164 e. The van der Waals surface area contributed by atoms with Gasteiger partial charge in [0.1, 0.15) is 23.0 Å². The fourth-order valence-electron chi connectivity index (χ4n) is 17.8. The van der Waals surface area contributed by atoms with Gasteiger partial charge in [0.25, 0.3) is 0 Å². The van der Waals surface area contributed by atoms with Gasteiger partial charge in [-0.05, 0) is 223 Å². The van der Waals surface area contributed by atoms with Gasteiger partial charge < -0.3 is 9.47 Å². The van der Waals surface area contributed by atoms with Crippen molar-refractivity contribution in [3.05, 3.63) is 381 Å². The minimum absolute atomic E-state index is 0.648. The van der Waals surface area contributed by atoms with Crippen molar-refractivity contribution in [2.75, 3.05) is 0 Å². The summed E-state index contributed by atoms with van der Waals surface area (Å²) >= 11 is 0. The molecule has 0 fully saturated rings. The fraction of sp³-hybridized carbons (Fsp3) is 0. The van der Waals surface area contributed by atoms with E-state index in [-0.39, 0.29) is 0 Å². The Morgan fingerprint density at radius 2 is 0.492 bits per heavy atom. The Hall–Kier alpha value is -16.3. The molecule has 2 aromatic heterocycles. The molecule has 9 heteroatoms. The molecule has 9 nitrogen and oxygen atoms in total. The van der Waals surface area contributed by atoms with Crippen molar-refractivity contribution >= 4 is 86.2 Å². The van der Waals surface area contributed by atoms with Gasteiger partial charge in [0, 0.05) is 66.1 Å². The normalized spacial score (nSPS) is 11.8. The number of hydrogen-bond acceptors (Lipinski definition) is 9. The largest absolute Gasteiger partial charge is 0.456 e. The van der Waals surface area contributed by atoms with Crippen molar-refractivity contribution in [3.8, 4) is 170 Å². The van der Waals surface area contributed by atoms with Gasteiger partial charge in [-0.15, -0.1) is 0 Å². The van der Waals surface area contributed by atoms with E-state index in [1.807, 2.05) is 152 Å². The van der Waals surface area contributed by atoms with Crippen molar-refractivity contribution in [2.24, 2.45) is 0 Å². The molecule has 0 spiro atoms. The molecule has 0 unspecified atom stereocenters. The highest BCUT2D eigenvalue weighted by Crippen LogP contribution is 2.52. The summed E-state index contributed by atoms with van der Waals surface area (Å²) in [5.41, 5.74) is 22.4. The lowest BCUT2D eigenvalue weighted by Gasteiger charge is -2.22. The molecule has 0 bridgehead atoms. The van der Waals surface area contributed by atoms with E-state index >= 15 is 0 Å². The molecule has 0 saturated carbocycles. The number of benzene rings is 20. The number of ether oxygens (including phenoxy) is 2. The van der Waals surface area contributed by atoms with Crippen LogP contribution in [0.1, 0.15) is 11.1 Å². The highest BCUT2D eigenvalue weighted by Gasteiger charge is 2.26. The first-order valence-corrected chi connectivity index (χ1v) is 39.4. The summed E-state index contributed by atoms with van der Waals surface area (Å²) in [7, 11) is 0. The molecule has 0 radical (unpaired) electrons. The molecule has 0 amide bonds. The molecule has 118 heavy (non-hydrogen) atoms. The molecule has 0 atom stereocenters. The van der Waals surface area contributed by atoms with Gasteiger partial charge in [0.15, 0.2) is 23.3 Å². The lowest BCUT2D eigenvalue weighted by Crippen LogP contribution is -2.00. The molecule has 2 aliphatic rings. The first-order chi connectivity index (χ1) is 58.3. The highest BCUT2D eigenvalue weighted by molar-refractivity contribution is 6.26. The molecule has 20 aromatic carbocycles. The lowest BCUT2D eigenvalue weighted by atomic mass is 9.89. The molecule has 4 heterocycles. The second-order valence-corrected chi connectivity index (χ2v) is 30.4. The lowest BCUT2D eigenvalue weighted by molar-refractivity contribution is 0.487.